The number of thiophene rings is 1. The van der Waals surface area contributed by atoms with Crippen LogP contribution in [-0.4, -0.2) is 30.4 Å². The van der Waals surface area contributed by atoms with Gasteiger partial charge in [0.15, 0.2) is 0 Å². The van der Waals surface area contributed by atoms with Crippen molar-refractivity contribution in [2.45, 2.75) is 58.1 Å². The lowest BCUT2D eigenvalue weighted by Gasteiger charge is -2.22. The zero-order valence-corrected chi connectivity index (χ0v) is 21.2. The number of hydrogen-bond donors (Lipinski definition) is 2. The van der Waals surface area contributed by atoms with Crippen LogP contribution in [0.2, 0.25) is 0 Å². The second-order valence-electron chi connectivity index (χ2n) is 8.80. The molecular weight excluding hydrogens is 480 g/mol. The Labute approximate surface area is 213 Å². The highest BCUT2D eigenvalue weighted by molar-refractivity contribution is 7.16. The van der Waals surface area contributed by atoms with Gasteiger partial charge in [-0.1, -0.05) is 24.2 Å². The highest BCUT2D eigenvalue weighted by atomic mass is 32.1. The number of carbonyl (C=O) groups is 2. The van der Waals surface area contributed by atoms with Crippen molar-refractivity contribution in [2.24, 2.45) is 0 Å². The fraction of sp³-hybridized carbons (Fsp3) is 0.385. The van der Waals surface area contributed by atoms with Gasteiger partial charge in [0.2, 0.25) is 5.91 Å². The maximum absolute atomic E-state index is 12.8. The van der Waals surface area contributed by atoms with E-state index in [1.807, 2.05) is 31.2 Å². The number of nitrogens with one attached hydrogen (secondary N) is 2. The fourth-order valence-corrected chi connectivity index (χ4v) is 5.51. The van der Waals surface area contributed by atoms with Crippen LogP contribution in [0.1, 0.15) is 58.5 Å². The van der Waals surface area contributed by atoms with Crippen molar-refractivity contribution in [3.63, 3.8) is 0 Å². The number of hydrogen-bond acceptors (Lipinski definition) is 8. The van der Waals surface area contributed by atoms with Gasteiger partial charge in [-0.15, -0.1) is 11.3 Å². The third-order valence-corrected chi connectivity index (χ3v) is 7.46. The van der Waals surface area contributed by atoms with E-state index >= 15 is 0 Å². The molecule has 0 spiro atoms. The Morgan fingerprint density at radius 1 is 1.39 bits per heavy atom. The minimum absolute atomic E-state index is 0.0156. The molecule has 0 aliphatic heterocycles. The van der Waals surface area contributed by atoms with E-state index in [2.05, 4.69) is 21.9 Å². The lowest BCUT2D eigenvalue weighted by atomic mass is 9.93. The van der Waals surface area contributed by atoms with Crippen LogP contribution in [0.4, 0.5) is 9.80 Å². The first kappa shape index (κ1) is 25.3. The van der Waals surface area contributed by atoms with E-state index in [4.69, 9.17) is 14.0 Å². The Bertz CT molecular complexity index is 1290. The Balaban J connectivity index is 1.35. The van der Waals surface area contributed by atoms with E-state index in [1.165, 1.54) is 17.6 Å². The Kier molecular flexibility index (Phi) is 7.90. The number of ether oxygens (including phenoxy) is 2. The summed E-state index contributed by atoms with van der Waals surface area (Å²) in [5, 5.41) is 19.8. The number of aromatic nitrogens is 1. The molecule has 188 valence electrons. The Morgan fingerprint density at radius 2 is 2.22 bits per heavy atom. The van der Waals surface area contributed by atoms with Gasteiger partial charge in [-0.2, -0.15) is 5.26 Å². The van der Waals surface area contributed by atoms with Gasteiger partial charge >= 0.3 is 6.09 Å². The van der Waals surface area contributed by atoms with Crippen molar-refractivity contribution in [3.8, 4) is 11.8 Å². The number of nitriles is 1. The standard InChI is InChI=1S/C26H28N4O5S/c1-15(17-5-4-6-19(10-17)33-3)9-24(31)29-25-22(12-27)21-8-7-20(11-23(21)36-25)35-26(32)28-13-18-14-34-30-16(18)2/h4-6,10,14-15,20H,7-9,11,13H2,1-3H3,(H,28,32)(H,29,31). The summed E-state index contributed by atoms with van der Waals surface area (Å²) >= 11 is 1.38. The fourth-order valence-electron chi connectivity index (χ4n) is 4.23. The van der Waals surface area contributed by atoms with E-state index in [-0.39, 0.29) is 30.9 Å². The molecule has 1 aliphatic rings. The van der Waals surface area contributed by atoms with Gasteiger partial charge in [-0.3, -0.25) is 4.79 Å². The Hall–Kier alpha value is -3.84. The quantitative estimate of drug-likeness (QED) is 0.446. The van der Waals surface area contributed by atoms with Gasteiger partial charge in [-0.05, 0) is 48.9 Å². The molecule has 1 aliphatic carbocycles. The summed E-state index contributed by atoms with van der Waals surface area (Å²) in [6, 6.07) is 9.91. The van der Waals surface area contributed by atoms with Crippen LogP contribution < -0.4 is 15.4 Å². The second kappa shape index (κ2) is 11.3. The normalized spacial score (nSPS) is 15.3. The predicted molar refractivity (Wildman–Crippen MR) is 134 cm³/mol. The molecule has 0 radical (unpaired) electrons. The van der Waals surface area contributed by atoms with E-state index in [9.17, 15) is 14.9 Å². The van der Waals surface area contributed by atoms with Crippen molar-refractivity contribution >= 4 is 28.3 Å². The number of nitrogens with zero attached hydrogens (tertiary/aromatic N) is 2. The number of aryl methyl sites for hydroxylation is 1. The van der Waals surface area contributed by atoms with Crippen molar-refractivity contribution in [3.05, 3.63) is 63.4 Å². The molecular formula is C26H28N4O5S. The molecule has 9 nitrogen and oxygen atoms in total. The highest BCUT2D eigenvalue weighted by Gasteiger charge is 2.28. The molecule has 36 heavy (non-hydrogen) atoms. The summed E-state index contributed by atoms with van der Waals surface area (Å²) < 4.78 is 15.7. The van der Waals surface area contributed by atoms with Crippen molar-refractivity contribution in [1.82, 2.24) is 10.5 Å². The minimum Gasteiger partial charge on any atom is -0.497 e. The SMILES string of the molecule is COc1cccc(C(C)CC(=O)Nc2sc3c(c2C#N)CCC(OC(=O)NCc2conc2C)C3)c1. The van der Waals surface area contributed by atoms with Crippen LogP contribution in [0.15, 0.2) is 35.1 Å². The van der Waals surface area contributed by atoms with Crippen molar-refractivity contribution in [1.29, 1.82) is 5.26 Å². The second-order valence-corrected chi connectivity index (χ2v) is 9.90. The van der Waals surface area contributed by atoms with Gasteiger partial charge < -0.3 is 24.6 Å². The van der Waals surface area contributed by atoms with Crippen LogP contribution in [-0.2, 0) is 28.9 Å². The molecule has 0 fully saturated rings. The summed E-state index contributed by atoms with van der Waals surface area (Å²) in [5.41, 5.74) is 3.94. The van der Waals surface area contributed by atoms with E-state index in [0.29, 0.717) is 35.5 Å². The molecule has 2 heterocycles. The largest absolute Gasteiger partial charge is 0.497 e. The van der Waals surface area contributed by atoms with Gasteiger partial charge in [0.05, 0.1) is 24.9 Å². The van der Waals surface area contributed by atoms with Crippen molar-refractivity contribution < 1.29 is 23.6 Å². The van der Waals surface area contributed by atoms with E-state index in [0.717, 1.165) is 27.3 Å². The van der Waals surface area contributed by atoms with Crippen molar-refractivity contribution in [2.75, 3.05) is 12.4 Å². The highest BCUT2D eigenvalue weighted by Crippen LogP contribution is 2.38. The summed E-state index contributed by atoms with van der Waals surface area (Å²) in [7, 11) is 1.61. The van der Waals surface area contributed by atoms with Crippen LogP contribution in [0.25, 0.3) is 0 Å². The molecule has 2 aromatic heterocycles. The topological polar surface area (TPSA) is 126 Å². The molecule has 0 saturated carbocycles. The van der Waals surface area contributed by atoms with Crippen LogP contribution in [0.3, 0.4) is 0 Å². The molecule has 4 rings (SSSR count). The monoisotopic (exact) mass is 508 g/mol. The van der Waals surface area contributed by atoms with Gasteiger partial charge in [0, 0.05) is 23.3 Å². The number of methoxy groups -OCH3 is 1. The summed E-state index contributed by atoms with van der Waals surface area (Å²) in [6.45, 7) is 4.05. The lowest BCUT2D eigenvalue weighted by molar-refractivity contribution is -0.116. The molecule has 3 aromatic rings. The zero-order chi connectivity index (χ0) is 25.7. The van der Waals surface area contributed by atoms with Crippen LogP contribution in [0.5, 0.6) is 5.75 Å². The molecule has 1 aromatic carbocycles. The van der Waals surface area contributed by atoms with E-state index in [1.54, 1.807) is 14.0 Å². The number of fused-ring (bicyclic) bond motifs is 1. The third-order valence-electron chi connectivity index (χ3n) is 6.29. The minimum atomic E-state index is -0.513. The van der Waals surface area contributed by atoms with Gasteiger partial charge in [0.25, 0.3) is 0 Å². The summed E-state index contributed by atoms with van der Waals surface area (Å²) in [5.74, 6) is 0.575. The molecule has 10 heteroatoms. The third kappa shape index (κ3) is 5.86. The molecule has 0 bridgehead atoms. The smallest absolute Gasteiger partial charge is 0.407 e. The predicted octanol–water partition coefficient (Wildman–Crippen LogP) is 4.84. The first-order valence-electron chi connectivity index (χ1n) is 11.7. The van der Waals surface area contributed by atoms with Gasteiger partial charge in [0.1, 0.15) is 29.2 Å². The van der Waals surface area contributed by atoms with Crippen LogP contribution in [0, 0.1) is 18.3 Å². The first-order chi connectivity index (χ1) is 17.4. The van der Waals surface area contributed by atoms with Gasteiger partial charge in [-0.25, -0.2) is 4.79 Å². The Morgan fingerprint density at radius 3 is 2.94 bits per heavy atom. The average Bonchev–Trinajstić information content (AvgIpc) is 3.44. The number of alkyl carbamates (subject to hydrolysis) is 1. The number of rotatable bonds is 8. The molecule has 0 saturated heterocycles. The number of anilines is 1. The number of carbonyl (C=O) groups excluding carboxylic acids is 2. The molecule has 2 N–H and O–H groups in total. The zero-order valence-electron chi connectivity index (χ0n) is 20.4. The average molecular weight is 509 g/mol. The molecule has 2 unspecified atom stereocenters. The number of amides is 2. The summed E-state index contributed by atoms with van der Waals surface area (Å²) in [6.07, 6.45) is 2.67. The maximum Gasteiger partial charge on any atom is 0.407 e. The van der Waals surface area contributed by atoms with E-state index < -0.39 is 6.09 Å². The number of benzene rings is 1. The van der Waals surface area contributed by atoms with Crippen LogP contribution >= 0.6 is 11.3 Å². The maximum atomic E-state index is 12.8. The molecule has 2 amide bonds. The lowest BCUT2D eigenvalue weighted by Crippen LogP contribution is -2.31. The summed E-state index contributed by atoms with van der Waals surface area (Å²) in [4.78, 5) is 26.0. The molecule has 2 atom stereocenters. The first-order valence-corrected chi connectivity index (χ1v) is 12.5.